The largest absolute Gasteiger partial charge is 0.471 e. The zero-order chi connectivity index (χ0) is 13.2. The second kappa shape index (κ2) is 5.22. The lowest BCUT2D eigenvalue weighted by Crippen LogP contribution is -2.53. The van der Waals surface area contributed by atoms with Crippen LogP contribution >= 0.6 is 0 Å². The number of carbonyl (C=O) groups is 1. The number of hydrogen-bond acceptors (Lipinski definition) is 3. The van der Waals surface area contributed by atoms with E-state index in [1.54, 1.807) is 13.8 Å². The van der Waals surface area contributed by atoms with E-state index in [-0.39, 0.29) is 18.4 Å². The second-order valence-corrected chi connectivity index (χ2v) is 4.18. The van der Waals surface area contributed by atoms with Crippen LogP contribution in [0.4, 0.5) is 13.2 Å². The average molecular weight is 255 g/mol. The summed E-state index contributed by atoms with van der Waals surface area (Å²) in [5.41, 5.74) is 0. The van der Waals surface area contributed by atoms with Crippen molar-refractivity contribution < 1.29 is 27.4 Å². The highest BCUT2D eigenvalue weighted by molar-refractivity contribution is 5.81. The molecule has 100 valence electrons. The van der Waals surface area contributed by atoms with Crippen molar-refractivity contribution in [1.82, 2.24) is 5.32 Å². The van der Waals surface area contributed by atoms with Crippen molar-refractivity contribution >= 4 is 5.91 Å². The smallest absolute Gasteiger partial charge is 0.356 e. The first-order chi connectivity index (χ1) is 7.75. The lowest BCUT2D eigenvalue weighted by molar-refractivity contribution is -0.203. The first-order valence-electron chi connectivity index (χ1n) is 5.31. The van der Waals surface area contributed by atoms with Crippen molar-refractivity contribution in [2.75, 3.05) is 7.11 Å². The van der Waals surface area contributed by atoms with Gasteiger partial charge in [-0.3, -0.25) is 4.79 Å². The van der Waals surface area contributed by atoms with E-state index in [1.807, 2.05) is 5.32 Å². The van der Waals surface area contributed by atoms with Crippen LogP contribution in [0.5, 0.6) is 0 Å². The van der Waals surface area contributed by atoms with Crippen molar-refractivity contribution in [2.24, 2.45) is 5.92 Å². The number of nitrogens with one attached hydrogen (secondary N) is 1. The van der Waals surface area contributed by atoms with E-state index in [4.69, 9.17) is 9.47 Å². The molecule has 0 unspecified atom stereocenters. The molecular formula is C10H16F3NO3. The van der Waals surface area contributed by atoms with Gasteiger partial charge in [0.15, 0.2) is 6.29 Å². The van der Waals surface area contributed by atoms with Crippen LogP contribution in [0, 0.1) is 5.92 Å². The Kier molecular flexibility index (Phi) is 4.37. The molecule has 1 saturated heterocycles. The molecule has 1 heterocycles. The third-order valence-corrected chi connectivity index (χ3v) is 3.02. The number of halogens is 3. The molecule has 0 aromatic heterocycles. The van der Waals surface area contributed by atoms with Crippen LogP contribution in [0.3, 0.4) is 0 Å². The Labute approximate surface area is 97.5 Å². The topological polar surface area (TPSA) is 47.6 Å². The van der Waals surface area contributed by atoms with E-state index in [2.05, 4.69) is 0 Å². The molecule has 1 aliphatic heterocycles. The fourth-order valence-electron chi connectivity index (χ4n) is 1.76. The fourth-order valence-corrected chi connectivity index (χ4v) is 1.76. The van der Waals surface area contributed by atoms with Crippen molar-refractivity contribution in [3.8, 4) is 0 Å². The van der Waals surface area contributed by atoms with Gasteiger partial charge in [0, 0.05) is 25.5 Å². The normalized spacial score (nSPS) is 34.5. The highest BCUT2D eigenvalue weighted by atomic mass is 19.4. The summed E-state index contributed by atoms with van der Waals surface area (Å²) in [5, 5.41) is 1.98. The summed E-state index contributed by atoms with van der Waals surface area (Å²) in [5.74, 6) is -2.12. The van der Waals surface area contributed by atoms with Gasteiger partial charge in [0.25, 0.3) is 0 Å². The first-order valence-corrected chi connectivity index (χ1v) is 5.31. The van der Waals surface area contributed by atoms with E-state index in [0.29, 0.717) is 0 Å². The first kappa shape index (κ1) is 14.2. The molecule has 1 fully saturated rings. The maximum atomic E-state index is 12.1. The number of rotatable bonds is 2. The number of methoxy groups -OCH3 is 1. The molecule has 1 N–H and O–H groups in total. The number of ether oxygens (including phenoxy) is 2. The summed E-state index contributed by atoms with van der Waals surface area (Å²) >= 11 is 0. The van der Waals surface area contributed by atoms with Crippen LogP contribution in [0.25, 0.3) is 0 Å². The third kappa shape index (κ3) is 3.57. The summed E-state index contributed by atoms with van der Waals surface area (Å²) < 4.78 is 46.7. The molecule has 4 nitrogen and oxygen atoms in total. The number of alkyl halides is 3. The van der Waals surface area contributed by atoms with Crippen molar-refractivity contribution in [3.05, 3.63) is 0 Å². The Bertz CT molecular complexity index is 282. The van der Waals surface area contributed by atoms with Gasteiger partial charge in [-0.1, -0.05) is 6.92 Å². The predicted octanol–water partition coefficient (Wildman–Crippen LogP) is 1.45. The van der Waals surface area contributed by atoms with Crippen LogP contribution < -0.4 is 5.32 Å². The minimum atomic E-state index is -4.86. The average Bonchev–Trinajstić information content (AvgIpc) is 2.22. The minimum Gasteiger partial charge on any atom is -0.356 e. The maximum Gasteiger partial charge on any atom is 0.471 e. The van der Waals surface area contributed by atoms with Gasteiger partial charge < -0.3 is 14.8 Å². The Morgan fingerprint density at radius 3 is 2.47 bits per heavy atom. The van der Waals surface area contributed by atoms with Gasteiger partial charge in [-0.15, -0.1) is 0 Å². The lowest BCUT2D eigenvalue weighted by atomic mass is 9.91. The van der Waals surface area contributed by atoms with Gasteiger partial charge in [0.2, 0.25) is 0 Å². The zero-order valence-corrected chi connectivity index (χ0v) is 9.88. The van der Waals surface area contributed by atoms with Crippen LogP contribution in [0.2, 0.25) is 0 Å². The summed E-state index contributed by atoms with van der Waals surface area (Å²) in [6, 6.07) is -0.599. The Morgan fingerprint density at radius 2 is 2.00 bits per heavy atom. The maximum absolute atomic E-state index is 12.1. The highest BCUT2D eigenvalue weighted by Crippen LogP contribution is 2.26. The molecule has 4 atom stereocenters. The quantitative estimate of drug-likeness (QED) is 0.812. The van der Waals surface area contributed by atoms with E-state index < -0.39 is 24.4 Å². The van der Waals surface area contributed by atoms with E-state index in [9.17, 15) is 18.0 Å². The van der Waals surface area contributed by atoms with Gasteiger partial charge in [0.05, 0.1) is 6.10 Å². The van der Waals surface area contributed by atoms with Crippen molar-refractivity contribution in [1.29, 1.82) is 0 Å². The SMILES string of the molecule is CO[C@H]1C[C@H](NC(=O)C(F)(F)F)[C@@H](C)[C@H](C)O1. The molecule has 0 saturated carbocycles. The molecule has 17 heavy (non-hydrogen) atoms. The minimum absolute atomic E-state index is 0.201. The highest BCUT2D eigenvalue weighted by Gasteiger charge is 2.42. The lowest BCUT2D eigenvalue weighted by Gasteiger charge is -2.38. The Morgan fingerprint density at radius 1 is 1.41 bits per heavy atom. The van der Waals surface area contributed by atoms with Crippen LogP contribution in [0.15, 0.2) is 0 Å². The van der Waals surface area contributed by atoms with Crippen LogP contribution in [-0.4, -0.2) is 37.6 Å². The van der Waals surface area contributed by atoms with Gasteiger partial charge >= 0.3 is 12.1 Å². The third-order valence-electron chi connectivity index (χ3n) is 3.02. The molecule has 7 heteroatoms. The second-order valence-electron chi connectivity index (χ2n) is 4.18. The summed E-state index contributed by atoms with van der Waals surface area (Å²) in [4.78, 5) is 10.9. The molecule has 0 aromatic carbocycles. The van der Waals surface area contributed by atoms with Crippen LogP contribution in [0.1, 0.15) is 20.3 Å². The molecular weight excluding hydrogens is 239 g/mol. The van der Waals surface area contributed by atoms with Crippen LogP contribution in [-0.2, 0) is 14.3 Å². The molecule has 0 radical (unpaired) electrons. The van der Waals surface area contributed by atoms with E-state index in [0.717, 1.165) is 0 Å². The number of carbonyl (C=O) groups excluding carboxylic acids is 1. The molecule has 1 amide bonds. The van der Waals surface area contributed by atoms with Gasteiger partial charge in [0.1, 0.15) is 0 Å². The molecule has 0 aliphatic carbocycles. The summed E-state index contributed by atoms with van der Waals surface area (Å²) in [7, 11) is 1.41. The van der Waals surface area contributed by atoms with Gasteiger partial charge in [-0.05, 0) is 6.92 Å². The number of hydrogen-bond donors (Lipinski definition) is 1. The van der Waals surface area contributed by atoms with Crippen molar-refractivity contribution in [2.45, 2.75) is 44.9 Å². The summed E-state index contributed by atoms with van der Waals surface area (Å²) in [6.07, 6.45) is -5.50. The molecule has 1 aliphatic rings. The fraction of sp³-hybridized carbons (Fsp3) is 0.900. The molecule has 1 rings (SSSR count). The van der Waals surface area contributed by atoms with Crippen molar-refractivity contribution in [3.63, 3.8) is 0 Å². The van der Waals surface area contributed by atoms with Gasteiger partial charge in [-0.25, -0.2) is 0 Å². The van der Waals surface area contributed by atoms with E-state index >= 15 is 0 Å². The standard InChI is InChI=1S/C10H16F3NO3/c1-5-6(2)17-8(16-3)4-7(5)14-9(15)10(11,12)13/h5-8H,4H2,1-3H3,(H,14,15)/t5-,6-,7-,8+/m0/s1. The molecule has 0 spiro atoms. The predicted molar refractivity (Wildman–Crippen MR) is 53.1 cm³/mol. The Hall–Kier alpha value is -0.820. The number of amides is 1. The summed E-state index contributed by atoms with van der Waals surface area (Å²) in [6.45, 7) is 3.47. The Balaban J connectivity index is 2.65. The molecule has 0 aromatic rings. The zero-order valence-electron chi connectivity index (χ0n) is 9.88. The van der Waals surface area contributed by atoms with Gasteiger partial charge in [-0.2, -0.15) is 13.2 Å². The van der Waals surface area contributed by atoms with E-state index in [1.165, 1.54) is 7.11 Å². The monoisotopic (exact) mass is 255 g/mol. The molecule has 0 bridgehead atoms.